The van der Waals surface area contributed by atoms with E-state index in [-0.39, 0.29) is 5.69 Å². The molecule has 96 valence electrons. The van der Waals surface area contributed by atoms with E-state index in [1.807, 2.05) is 0 Å². The van der Waals surface area contributed by atoms with E-state index in [0.29, 0.717) is 18.2 Å². The molecule has 1 aliphatic carbocycles. The quantitative estimate of drug-likeness (QED) is 0.508. The Labute approximate surface area is 105 Å². The van der Waals surface area contributed by atoms with Crippen molar-refractivity contribution in [2.75, 3.05) is 0 Å². The van der Waals surface area contributed by atoms with Gasteiger partial charge in [0.05, 0.1) is 4.92 Å². The van der Waals surface area contributed by atoms with Crippen molar-refractivity contribution in [3.8, 4) is 0 Å². The molecule has 5 heteroatoms. The fraction of sp³-hybridized carbons (Fsp3) is 0.385. The number of rotatable bonds is 4. The Morgan fingerprint density at radius 1 is 1.44 bits per heavy atom. The summed E-state index contributed by atoms with van der Waals surface area (Å²) >= 11 is 0. The first kappa shape index (κ1) is 12.7. The molecule has 1 aromatic rings. The van der Waals surface area contributed by atoms with Gasteiger partial charge in [-0.25, -0.2) is 4.39 Å². The summed E-state index contributed by atoms with van der Waals surface area (Å²) < 4.78 is 13.1. The lowest BCUT2D eigenvalue weighted by molar-refractivity contribution is -0.385. The zero-order valence-electron chi connectivity index (χ0n) is 9.93. The summed E-state index contributed by atoms with van der Waals surface area (Å²) in [5, 5.41) is 14.1. The molecule has 0 fully saturated rings. The zero-order chi connectivity index (χ0) is 13.0. The molecule has 0 amide bonds. The van der Waals surface area contributed by atoms with Crippen LogP contribution in [0, 0.1) is 15.9 Å². The molecule has 1 unspecified atom stereocenters. The molecule has 0 spiro atoms. The first-order valence-electron chi connectivity index (χ1n) is 5.98. The summed E-state index contributed by atoms with van der Waals surface area (Å²) in [4.78, 5) is 10.4. The molecule has 2 rings (SSSR count). The highest BCUT2D eigenvalue weighted by molar-refractivity contribution is 5.40. The van der Waals surface area contributed by atoms with E-state index in [9.17, 15) is 14.5 Å². The fourth-order valence-corrected chi connectivity index (χ4v) is 2.11. The first-order chi connectivity index (χ1) is 8.66. The van der Waals surface area contributed by atoms with Gasteiger partial charge in [0.15, 0.2) is 0 Å². The van der Waals surface area contributed by atoms with Gasteiger partial charge < -0.3 is 5.32 Å². The minimum atomic E-state index is -0.475. The SMILES string of the molecule is O=[N+]([O-])c1ccc(F)cc1CNC1CC=CCC1. The molecule has 1 aromatic carbocycles. The van der Waals surface area contributed by atoms with Crippen molar-refractivity contribution < 1.29 is 9.31 Å². The van der Waals surface area contributed by atoms with Gasteiger partial charge in [-0.15, -0.1) is 0 Å². The van der Waals surface area contributed by atoms with Gasteiger partial charge in [0, 0.05) is 24.2 Å². The van der Waals surface area contributed by atoms with E-state index < -0.39 is 10.7 Å². The van der Waals surface area contributed by atoms with Crippen LogP contribution in [0.2, 0.25) is 0 Å². The maximum Gasteiger partial charge on any atom is 0.274 e. The second kappa shape index (κ2) is 5.73. The van der Waals surface area contributed by atoms with Crippen LogP contribution in [0.3, 0.4) is 0 Å². The van der Waals surface area contributed by atoms with E-state index in [2.05, 4.69) is 17.5 Å². The summed E-state index contributed by atoms with van der Waals surface area (Å²) in [6.07, 6.45) is 7.18. The highest BCUT2D eigenvalue weighted by Crippen LogP contribution is 2.20. The van der Waals surface area contributed by atoms with Crippen LogP contribution in [0.1, 0.15) is 24.8 Å². The van der Waals surface area contributed by atoms with Crippen LogP contribution >= 0.6 is 0 Å². The number of nitrogens with zero attached hydrogens (tertiary/aromatic N) is 1. The van der Waals surface area contributed by atoms with Crippen molar-refractivity contribution in [2.45, 2.75) is 31.8 Å². The predicted molar refractivity (Wildman–Crippen MR) is 66.7 cm³/mol. The Bertz CT molecular complexity index is 474. The van der Waals surface area contributed by atoms with Crippen LogP contribution in [0.15, 0.2) is 30.4 Å². The van der Waals surface area contributed by atoms with Crippen molar-refractivity contribution >= 4 is 5.69 Å². The molecular weight excluding hydrogens is 235 g/mol. The highest BCUT2D eigenvalue weighted by Gasteiger charge is 2.16. The average molecular weight is 250 g/mol. The minimum Gasteiger partial charge on any atom is -0.309 e. The van der Waals surface area contributed by atoms with E-state index >= 15 is 0 Å². The molecule has 0 aromatic heterocycles. The molecule has 1 N–H and O–H groups in total. The molecule has 0 aliphatic heterocycles. The Morgan fingerprint density at radius 2 is 2.28 bits per heavy atom. The molecule has 4 nitrogen and oxygen atoms in total. The molecule has 0 radical (unpaired) electrons. The number of hydrogen-bond donors (Lipinski definition) is 1. The van der Waals surface area contributed by atoms with Gasteiger partial charge in [-0.05, 0) is 31.4 Å². The topological polar surface area (TPSA) is 55.2 Å². The zero-order valence-corrected chi connectivity index (χ0v) is 9.93. The van der Waals surface area contributed by atoms with Gasteiger partial charge in [-0.1, -0.05) is 12.2 Å². The van der Waals surface area contributed by atoms with Gasteiger partial charge in [-0.3, -0.25) is 10.1 Å². The lowest BCUT2D eigenvalue weighted by atomic mass is 10.0. The fourth-order valence-electron chi connectivity index (χ4n) is 2.11. The number of benzene rings is 1. The number of hydrogen-bond acceptors (Lipinski definition) is 3. The van der Waals surface area contributed by atoms with E-state index in [1.54, 1.807) is 0 Å². The maximum atomic E-state index is 13.1. The molecule has 0 saturated carbocycles. The van der Waals surface area contributed by atoms with Crippen LogP contribution in [-0.2, 0) is 6.54 Å². The van der Waals surface area contributed by atoms with Crippen LogP contribution in [0.5, 0.6) is 0 Å². The number of allylic oxidation sites excluding steroid dienone is 1. The van der Waals surface area contributed by atoms with Crippen LogP contribution in [-0.4, -0.2) is 11.0 Å². The van der Waals surface area contributed by atoms with Crippen LogP contribution < -0.4 is 5.32 Å². The lowest BCUT2D eigenvalue weighted by Crippen LogP contribution is -2.29. The van der Waals surface area contributed by atoms with Gasteiger partial charge in [0.2, 0.25) is 0 Å². The number of nitro benzene ring substituents is 1. The second-order valence-electron chi connectivity index (χ2n) is 4.39. The second-order valence-corrected chi connectivity index (χ2v) is 4.39. The Morgan fingerprint density at radius 3 is 2.94 bits per heavy atom. The van der Waals surface area contributed by atoms with Crippen molar-refractivity contribution in [3.63, 3.8) is 0 Å². The predicted octanol–water partition coefficient (Wildman–Crippen LogP) is 2.93. The summed E-state index contributed by atoms with van der Waals surface area (Å²) in [5.41, 5.74) is 0.366. The van der Waals surface area contributed by atoms with Gasteiger partial charge >= 0.3 is 0 Å². The number of nitrogens with one attached hydrogen (secondary N) is 1. The third-order valence-corrected chi connectivity index (χ3v) is 3.09. The highest BCUT2D eigenvalue weighted by atomic mass is 19.1. The standard InChI is InChI=1S/C13H15FN2O2/c14-11-6-7-13(16(17)18)10(8-11)9-15-12-4-2-1-3-5-12/h1-2,6-8,12,15H,3-5,9H2. The first-order valence-corrected chi connectivity index (χ1v) is 5.98. The van der Waals surface area contributed by atoms with E-state index in [0.717, 1.165) is 25.3 Å². The largest absolute Gasteiger partial charge is 0.309 e. The van der Waals surface area contributed by atoms with Crippen molar-refractivity contribution in [3.05, 3.63) is 51.8 Å². The molecule has 18 heavy (non-hydrogen) atoms. The molecule has 0 saturated heterocycles. The summed E-state index contributed by atoms with van der Waals surface area (Å²) in [6.45, 7) is 0.326. The Hall–Kier alpha value is -1.75. The van der Waals surface area contributed by atoms with Crippen molar-refractivity contribution in [2.24, 2.45) is 0 Å². The summed E-state index contributed by atoms with van der Waals surface area (Å²) in [7, 11) is 0. The smallest absolute Gasteiger partial charge is 0.274 e. The molecule has 0 heterocycles. The maximum absolute atomic E-state index is 13.1. The third kappa shape index (κ3) is 3.13. The van der Waals surface area contributed by atoms with Crippen molar-refractivity contribution in [1.82, 2.24) is 5.32 Å². The van der Waals surface area contributed by atoms with E-state index in [4.69, 9.17) is 0 Å². The van der Waals surface area contributed by atoms with Crippen LogP contribution in [0.25, 0.3) is 0 Å². The summed E-state index contributed by atoms with van der Waals surface area (Å²) in [6, 6.07) is 3.87. The minimum absolute atomic E-state index is 0.0322. The Balaban J connectivity index is 2.05. The van der Waals surface area contributed by atoms with E-state index in [1.165, 1.54) is 12.1 Å². The summed E-state index contributed by atoms with van der Waals surface area (Å²) in [5.74, 6) is -0.444. The molecule has 1 aliphatic rings. The van der Waals surface area contributed by atoms with Gasteiger partial charge in [-0.2, -0.15) is 0 Å². The van der Waals surface area contributed by atoms with Crippen LogP contribution in [0.4, 0.5) is 10.1 Å². The number of halogens is 1. The monoisotopic (exact) mass is 250 g/mol. The molecule has 1 atom stereocenters. The number of nitro groups is 1. The average Bonchev–Trinajstić information content (AvgIpc) is 2.37. The lowest BCUT2D eigenvalue weighted by Gasteiger charge is -2.19. The van der Waals surface area contributed by atoms with Gasteiger partial charge in [0.25, 0.3) is 5.69 Å². The molecular formula is C13H15FN2O2. The Kier molecular flexibility index (Phi) is 4.04. The van der Waals surface area contributed by atoms with Gasteiger partial charge in [0.1, 0.15) is 5.82 Å². The third-order valence-electron chi connectivity index (χ3n) is 3.09. The molecule has 0 bridgehead atoms. The normalized spacial score (nSPS) is 18.8. The van der Waals surface area contributed by atoms with Crippen molar-refractivity contribution in [1.29, 1.82) is 0 Å².